The molecule has 0 aromatic heterocycles. The van der Waals surface area contributed by atoms with E-state index in [2.05, 4.69) is 55.1 Å². The first kappa shape index (κ1) is 21.2. The summed E-state index contributed by atoms with van der Waals surface area (Å²) in [6.07, 6.45) is 3.81. The van der Waals surface area contributed by atoms with Gasteiger partial charge in [-0.3, -0.25) is 4.99 Å². The summed E-state index contributed by atoms with van der Waals surface area (Å²) in [5, 5.41) is 6.74. The molecule has 1 heterocycles. The van der Waals surface area contributed by atoms with Crippen molar-refractivity contribution < 1.29 is 4.74 Å². The molecule has 0 aliphatic carbocycles. The molecule has 0 radical (unpaired) electrons. The fraction of sp³-hybridized carbons (Fsp3) is 0.947. The average molecular weight is 341 g/mol. The number of unbranched alkanes of at least 4 members (excludes halogenated alkanes) is 1. The van der Waals surface area contributed by atoms with Crippen molar-refractivity contribution in [2.24, 2.45) is 16.8 Å². The number of methoxy groups -OCH3 is 1. The molecular weight excluding hydrogens is 300 g/mol. The second kappa shape index (κ2) is 10.9. The van der Waals surface area contributed by atoms with Crippen LogP contribution in [0.15, 0.2) is 4.99 Å². The molecule has 24 heavy (non-hydrogen) atoms. The number of hydrogen-bond acceptors (Lipinski definition) is 3. The highest BCUT2D eigenvalue weighted by Crippen LogP contribution is 2.20. The highest BCUT2D eigenvalue weighted by Gasteiger charge is 2.21. The third kappa shape index (κ3) is 8.88. The van der Waals surface area contributed by atoms with E-state index in [0.717, 1.165) is 30.9 Å². The lowest BCUT2D eigenvalue weighted by Gasteiger charge is -2.34. The Balaban J connectivity index is 2.24. The molecule has 1 fully saturated rings. The Hall–Kier alpha value is -0.810. The molecule has 0 aromatic carbocycles. The maximum absolute atomic E-state index is 5.43. The van der Waals surface area contributed by atoms with Gasteiger partial charge in [-0.25, -0.2) is 0 Å². The van der Waals surface area contributed by atoms with Gasteiger partial charge in [-0.15, -0.1) is 0 Å². The number of rotatable bonds is 9. The second-order valence-corrected chi connectivity index (χ2v) is 8.00. The Morgan fingerprint density at radius 3 is 2.42 bits per heavy atom. The first-order valence-electron chi connectivity index (χ1n) is 9.66. The molecule has 5 nitrogen and oxygen atoms in total. The summed E-state index contributed by atoms with van der Waals surface area (Å²) < 4.78 is 5.43. The Bertz CT molecular complexity index is 360. The van der Waals surface area contributed by atoms with Crippen LogP contribution in [-0.2, 0) is 4.74 Å². The fourth-order valence-corrected chi connectivity index (χ4v) is 3.32. The van der Waals surface area contributed by atoms with Crippen molar-refractivity contribution in [3.8, 4) is 0 Å². The molecule has 1 aliphatic rings. The van der Waals surface area contributed by atoms with Gasteiger partial charge in [-0.05, 0) is 58.4 Å². The zero-order chi connectivity index (χ0) is 18.0. The summed E-state index contributed by atoms with van der Waals surface area (Å²) in [7, 11) is 1.73. The molecule has 0 amide bonds. The van der Waals surface area contributed by atoms with E-state index >= 15 is 0 Å². The molecule has 1 saturated heterocycles. The molecule has 2 N–H and O–H groups in total. The quantitative estimate of drug-likeness (QED) is 0.385. The monoisotopic (exact) mass is 340 g/mol. The van der Waals surface area contributed by atoms with Crippen molar-refractivity contribution in [1.82, 2.24) is 15.5 Å². The normalized spacial score (nSPS) is 23.3. The minimum absolute atomic E-state index is 0.218. The summed E-state index contributed by atoms with van der Waals surface area (Å²) in [5.74, 6) is 2.59. The van der Waals surface area contributed by atoms with Gasteiger partial charge >= 0.3 is 0 Å². The highest BCUT2D eigenvalue weighted by atomic mass is 16.5. The number of hydrogen-bond donors (Lipinski definition) is 2. The van der Waals surface area contributed by atoms with Crippen LogP contribution in [0.1, 0.15) is 53.9 Å². The molecule has 0 aromatic rings. The van der Waals surface area contributed by atoms with Crippen molar-refractivity contribution >= 4 is 5.96 Å². The van der Waals surface area contributed by atoms with E-state index in [1.54, 1.807) is 7.11 Å². The zero-order valence-electron chi connectivity index (χ0n) is 16.8. The van der Waals surface area contributed by atoms with Crippen LogP contribution in [0.3, 0.4) is 0 Å². The summed E-state index contributed by atoms with van der Waals surface area (Å²) in [4.78, 5) is 7.26. The Morgan fingerprint density at radius 1 is 1.17 bits per heavy atom. The minimum Gasteiger partial charge on any atom is -0.377 e. The van der Waals surface area contributed by atoms with E-state index in [1.807, 2.05) is 0 Å². The van der Waals surface area contributed by atoms with Gasteiger partial charge in [0.1, 0.15) is 0 Å². The van der Waals surface area contributed by atoms with Crippen LogP contribution in [-0.4, -0.2) is 62.8 Å². The number of nitrogens with one attached hydrogen (secondary N) is 2. The number of ether oxygens (including phenoxy) is 1. The lowest BCUT2D eigenvalue weighted by Crippen LogP contribution is -2.40. The average Bonchev–Trinajstić information content (AvgIpc) is 2.51. The van der Waals surface area contributed by atoms with Gasteiger partial charge in [0.15, 0.2) is 5.96 Å². The van der Waals surface area contributed by atoms with E-state index in [1.165, 1.54) is 38.9 Å². The number of aliphatic imine (C=N–C) groups is 1. The fourth-order valence-electron chi connectivity index (χ4n) is 3.32. The van der Waals surface area contributed by atoms with E-state index in [9.17, 15) is 0 Å². The topological polar surface area (TPSA) is 48.9 Å². The highest BCUT2D eigenvalue weighted by molar-refractivity contribution is 5.79. The Kier molecular flexibility index (Phi) is 9.67. The molecule has 2 unspecified atom stereocenters. The van der Waals surface area contributed by atoms with Crippen molar-refractivity contribution in [3.63, 3.8) is 0 Å². The number of likely N-dealkylation sites (tertiary alicyclic amines) is 1. The van der Waals surface area contributed by atoms with E-state index in [4.69, 9.17) is 4.74 Å². The van der Waals surface area contributed by atoms with Crippen molar-refractivity contribution in [2.45, 2.75) is 59.5 Å². The van der Waals surface area contributed by atoms with Gasteiger partial charge in [0.25, 0.3) is 0 Å². The summed E-state index contributed by atoms with van der Waals surface area (Å²) in [6.45, 7) is 17.2. The van der Waals surface area contributed by atoms with Crippen molar-refractivity contribution in [2.75, 3.05) is 46.4 Å². The van der Waals surface area contributed by atoms with Gasteiger partial charge in [0, 0.05) is 33.3 Å². The van der Waals surface area contributed by atoms with Crippen LogP contribution in [0, 0.1) is 11.8 Å². The number of piperidine rings is 1. The largest absolute Gasteiger partial charge is 0.377 e. The van der Waals surface area contributed by atoms with E-state index in [-0.39, 0.29) is 5.60 Å². The van der Waals surface area contributed by atoms with E-state index in [0.29, 0.717) is 6.54 Å². The Morgan fingerprint density at radius 2 is 1.83 bits per heavy atom. The molecule has 1 rings (SSSR count). The molecule has 5 heteroatoms. The summed E-state index contributed by atoms with van der Waals surface area (Å²) in [5.41, 5.74) is -0.218. The molecule has 142 valence electrons. The van der Waals surface area contributed by atoms with Crippen LogP contribution in [0.4, 0.5) is 0 Å². The predicted molar refractivity (Wildman–Crippen MR) is 104 cm³/mol. The smallest absolute Gasteiger partial charge is 0.191 e. The summed E-state index contributed by atoms with van der Waals surface area (Å²) in [6, 6.07) is 0. The zero-order valence-corrected chi connectivity index (χ0v) is 16.8. The van der Waals surface area contributed by atoms with E-state index < -0.39 is 0 Å². The predicted octanol–water partition coefficient (Wildman–Crippen LogP) is 2.72. The first-order chi connectivity index (χ1) is 11.4. The lowest BCUT2D eigenvalue weighted by atomic mass is 9.92. The Labute approximate surface area is 149 Å². The first-order valence-corrected chi connectivity index (χ1v) is 9.66. The van der Waals surface area contributed by atoms with Gasteiger partial charge in [-0.2, -0.15) is 0 Å². The molecule has 0 spiro atoms. The lowest BCUT2D eigenvalue weighted by molar-refractivity contribution is 0.0310. The van der Waals surface area contributed by atoms with Crippen LogP contribution in [0.2, 0.25) is 0 Å². The minimum atomic E-state index is -0.218. The number of guanidine groups is 1. The molecule has 0 bridgehead atoms. The maximum atomic E-state index is 5.43. The van der Waals surface area contributed by atoms with Crippen LogP contribution in [0.25, 0.3) is 0 Å². The second-order valence-electron chi connectivity index (χ2n) is 8.00. The van der Waals surface area contributed by atoms with Gasteiger partial charge in [0.05, 0.1) is 12.1 Å². The van der Waals surface area contributed by atoms with Crippen LogP contribution >= 0.6 is 0 Å². The van der Waals surface area contributed by atoms with Crippen LogP contribution in [0.5, 0.6) is 0 Å². The SMILES string of the molecule is CCNC(=NCC(C)(C)OC)NCCCCN1CC(C)CC(C)C1. The molecule has 1 aliphatic heterocycles. The third-order valence-electron chi connectivity index (χ3n) is 4.65. The van der Waals surface area contributed by atoms with Crippen molar-refractivity contribution in [1.29, 1.82) is 0 Å². The third-order valence-corrected chi connectivity index (χ3v) is 4.65. The van der Waals surface area contributed by atoms with Crippen molar-refractivity contribution in [3.05, 3.63) is 0 Å². The van der Waals surface area contributed by atoms with Crippen LogP contribution < -0.4 is 10.6 Å². The maximum Gasteiger partial charge on any atom is 0.191 e. The standard InChI is InChI=1S/C19H40N4O/c1-7-20-18(22-15-19(4,5)24-6)21-10-8-9-11-23-13-16(2)12-17(3)14-23/h16-17H,7-15H2,1-6H3,(H2,20,21,22). The van der Waals surface area contributed by atoms with Gasteiger partial charge in [0.2, 0.25) is 0 Å². The summed E-state index contributed by atoms with van der Waals surface area (Å²) >= 11 is 0. The van der Waals surface area contributed by atoms with Gasteiger partial charge < -0.3 is 20.3 Å². The molecular formula is C19H40N4O. The number of nitrogens with zero attached hydrogens (tertiary/aromatic N) is 2. The van der Waals surface area contributed by atoms with Gasteiger partial charge in [-0.1, -0.05) is 13.8 Å². The molecule has 0 saturated carbocycles. The molecule has 2 atom stereocenters.